The van der Waals surface area contributed by atoms with E-state index in [1.165, 1.54) is 6.07 Å². The van der Waals surface area contributed by atoms with Crippen molar-refractivity contribution in [2.24, 2.45) is 11.7 Å². The molecule has 3 aliphatic rings. The third-order valence-electron chi connectivity index (χ3n) is 5.03. The number of nitrogens with two attached hydrogens (primary N) is 1. The zero-order valence-corrected chi connectivity index (χ0v) is 13.0. The average Bonchev–Trinajstić information content (AvgIpc) is 2.96. The van der Waals surface area contributed by atoms with Crippen LogP contribution >= 0.6 is 0 Å². The molecule has 2 aromatic rings. The van der Waals surface area contributed by atoms with Crippen LogP contribution in [0, 0.1) is 5.92 Å². The summed E-state index contributed by atoms with van der Waals surface area (Å²) >= 11 is 0. The van der Waals surface area contributed by atoms with Gasteiger partial charge in [0.2, 0.25) is 0 Å². The summed E-state index contributed by atoms with van der Waals surface area (Å²) < 4.78 is 6.26. The van der Waals surface area contributed by atoms with Gasteiger partial charge in [0, 0.05) is 6.54 Å². The highest BCUT2D eigenvalue weighted by Gasteiger charge is 2.37. The summed E-state index contributed by atoms with van der Waals surface area (Å²) in [6, 6.07) is 5.12. The summed E-state index contributed by atoms with van der Waals surface area (Å²) in [7, 11) is 0. The van der Waals surface area contributed by atoms with Crippen LogP contribution in [0.1, 0.15) is 29.4 Å². The fourth-order valence-corrected chi connectivity index (χ4v) is 3.92. The number of rotatable bonds is 2. The highest BCUT2D eigenvalue weighted by atomic mass is 16.6. The van der Waals surface area contributed by atoms with E-state index in [9.17, 15) is 14.7 Å². The second-order valence-corrected chi connectivity index (χ2v) is 6.38. The Morgan fingerprint density at radius 3 is 2.67 bits per heavy atom. The zero-order chi connectivity index (χ0) is 16.8. The molecule has 1 aromatic heterocycles. The van der Waals surface area contributed by atoms with Crippen LogP contribution in [0.5, 0.6) is 5.75 Å². The molecular weight excluding hydrogens is 312 g/mol. The number of amides is 1. The van der Waals surface area contributed by atoms with Gasteiger partial charge in [0.05, 0.1) is 16.9 Å². The molecule has 1 atom stereocenters. The summed E-state index contributed by atoms with van der Waals surface area (Å²) in [6.45, 7) is 3.03. The standard InChI is InChI=1S/C16H18N4O4/c17-16(23)24-15(22)14-13-10(2-1-3-12(13)21)20(18-14)11-8-19-6-4-9(11)5-7-19/h1-3,9,11,21H,4-8H2,(H2,17,23)/t11-/m1/s1. The molecule has 0 unspecified atom stereocenters. The lowest BCUT2D eigenvalue weighted by atomic mass is 9.84. The van der Waals surface area contributed by atoms with Gasteiger partial charge in [-0.2, -0.15) is 5.10 Å². The van der Waals surface area contributed by atoms with Crippen molar-refractivity contribution in [1.82, 2.24) is 14.7 Å². The van der Waals surface area contributed by atoms with E-state index < -0.39 is 12.1 Å². The highest BCUT2D eigenvalue weighted by Crippen LogP contribution is 2.39. The molecule has 2 bridgehead atoms. The molecule has 3 saturated heterocycles. The molecule has 3 fully saturated rings. The van der Waals surface area contributed by atoms with Gasteiger partial charge in [-0.1, -0.05) is 6.07 Å². The number of esters is 1. The zero-order valence-electron chi connectivity index (χ0n) is 13.0. The summed E-state index contributed by atoms with van der Waals surface area (Å²) in [5.41, 5.74) is 5.50. The molecule has 0 aliphatic carbocycles. The van der Waals surface area contributed by atoms with Crippen LogP contribution in [0.15, 0.2) is 18.2 Å². The van der Waals surface area contributed by atoms with Gasteiger partial charge in [-0.15, -0.1) is 0 Å². The Hall–Kier alpha value is -2.61. The van der Waals surface area contributed by atoms with Gasteiger partial charge in [0.1, 0.15) is 5.75 Å². The number of aromatic nitrogens is 2. The predicted molar refractivity (Wildman–Crippen MR) is 84.6 cm³/mol. The molecule has 8 nitrogen and oxygen atoms in total. The Labute approximate surface area is 137 Å². The lowest BCUT2D eigenvalue weighted by Gasteiger charge is -2.44. The van der Waals surface area contributed by atoms with Crippen LogP contribution in [-0.2, 0) is 4.74 Å². The first kappa shape index (κ1) is 14.9. The van der Waals surface area contributed by atoms with E-state index in [2.05, 4.69) is 14.7 Å². The number of piperidine rings is 3. The Balaban J connectivity index is 1.83. The maximum absolute atomic E-state index is 12.2. The van der Waals surface area contributed by atoms with Gasteiger partial charge in [-0.05, 0) is 44.0 Å². The minimum Gasteiger partial charge on any atom is -0.507 e. The molecule has 0 radical (unpaired) electrons. The molecule has 3 N–H and O–H groups in total. The third kappa shape index (κ3) is 2.30. The second kappa shape index (κ2) is 5.48. The molecule has 4 heterocycles. The normalized spacial score (nSPS) is 25.8. The van der Waals surface area contributed by atoms with Crippen molar-refractivity contribution in [3.63, 3.8) is 0 Å². The van der Waals surface area contributed by atoms with E-state index in [0.29, 0.717) is 16.8 Å². The number of phenols is 1. The molecule has 0 saturated carbocycles. The SMILES string of the molecule is NC(=O)OC(=O)c1nn([C@@H]2CN3CCC2CC3)c2cccc(O)c12. The van der Waals surface area contributed by atoms with Crippen LogP contribution in [0.2, 0.25) is 0 Å². The number of hydrogen-bond acceptors (Lipinski definition) is 6. The number of fused-ring (bicyclic) bond motifs is 4. The molecule has 1 aromatic carbocycles. The van der Waals surface area contributed by atoms with Crippen LogP contribution < -0.4 is 5.73 Å². The van der Waals surface area contributed by atoms with Gasteiger partial charge < -0.3 is 20.5 Å². The maximum Gasteiger partial charge on any atom is 0.412 e. The Bertz CT molecular complexity index is 823. The van der Waals surface area contributed by atoms with Crippen LogP contribution in [0.4, 0.5) is 4.79 Å². The minimum absolute atomic E-state index is 0.0727. The molecule has 3 aliphatic heterocycles. The van der Waals surface area contributed by atoms with Crippen LogP contribution in [0.3, 0.4) is 0 Å². The molecule has 126 valence electrons. The van der Waals surface area contributed by atoms with Gasteiger partial charge >= 0.3 is 12.1 Å². The summed E-state index contributed by atoms with van der Waals surface area (Å²) in [4.78, 5) is 25.4. The lowest BCUT2D eigenvalue weighted by molar-refractivity contribution is 0.0518. The summed E-state index contributed by atoms with van der Waals surface area (Å²) in [5.74, 6) is -0.536. The predicted octanol–water partition coefficient (Wildman–Crippen LogP) is 1.24. The van der Waals surface area contributed by atoms with E-state index in [0.717, 1.165) is 32.5 Å². The van der Waals surface area contributed by atoms with E-state index in [-0.39, 0.29) is 17.5 Å². The Morgan fingerprint density at radius 1 is 1.29 bits per heavy atom. The fraction of sp³-hybridized carbons (Fsp3) is 0.438. The number of carbonyl (C=O) groups excluding carboxylic acids is 2. The number of benzene rings is 1. The van der Waals surface area contributed by atoms with Crippen molar-refractivity contribution in [3.8, 4) is 5.75 Å². The summed E-state index contributed by atoms with van der Waals surface area (Å²) in [6.07, 6.45) is 0.985. The van der Waals surface area contributed by atoms with E-state index in [1.54, 1.807) is 16.8 Å². The fourth-order valence-electron chi connectivity index (χ4n) is 3.92. The smallest absolute Gasteiger partial charge is 0.412 e. The van der Waals surface area contributed by atoms with Gasteiger partial charge in [0.25, 0.3) is 0 Å². The molecule has 0 spiro atoms. The number of hydrogen-bond donors (Lipinski definition) is 2. The number of carbonyl (C=O) groups is 2. The second-order valence-electron chi connectivity index (χ2n) is 6.38. The number of aromatic hydroxyl groups is 1. The van der Waals surface area contributed by atoms with Crippen molar-refractivity contribution in [1.29, 1.82) is 0 Å². The first-order chi connectivity index (χ1) is 11.5. The minimum atomic E-state index is -1.19. The quantitative estimate of drug-likeness (QED) is 0.633. The van der Waals surface area contributed by atoms with E-state index in [4.69, 9.17) is 5.73 Å². The summed E-state index contributed by atoms with van der Waals surface area (Å²) in [5, 5.41) is 14.9. The lowest BCUT2D eigenvalue weighted by Crippen LogP contribution is -2.48. The number of nitrogens with zero attached hydrogens (tertiary/aromatic N) is 3. The van der Waals surface area contributed by atoms with Crippen molar-refractivity contribution in [2.45, 2.75) is 18.9 Å². The van der Waals surface area contributed by atoms with Gasteiger partial charge in [0.15, 0.2) is 5.69 Å². The van der Waals surface area contributed by atoms with Crippen molar-refractivity contribution >= 4 is 23.0 Å². The number of primary amides is 1. The molecule has 1 amide bonds. The monoisotopic (exact) mass is 330 g/mol. The van der Waals surface area contributed by atoms with E-state index >= 15 is 0 Å². The molecular formula is C16H18N4O4. The van der Waals surface area contributed by atoms with Gasteiger partial charge in [-0.25, -0.2) is 9.59 Å². The van der Waals surface area contributed by atoms with E-state index in [1.807, 2.05) is 0 Å². The van der Waals surface area contributed by atoms with Crippen molar-refractivity contribution < 1.29 is 19.4 Å². The topological polar surface area (TPSA) is 111 Å². The largest absolute Gasteiger partial charge is 0.507 e. The maximum atomic E-state index is 12.2. The Kier molecular flexibility index (Phi) is 3.42. The molecule has 5 rings (SSSR count). The third-order valence-corrected chi connectivity index (χ3v) is 5.03. The van der Waals surface area contributed by atoms with Gasteiger partial charge in [-0.3, -0.25) is 4.68 Å². The highest BCUT2D eigenvalue weighted by molar-refractivity contribution is 6.07. The van der Waals surface area contributed by atoms with Crippen LogP contribution in [0.25, 0.3) is 10.9 Å². The molecule has 24 heavy (non-hydrogen) atoms. The molecule has 8 heteroatoms. The van der Waals surface area contributed by atoms with Crippen LogP contribution in [-0.4, -0.2) is 51.5 Å². The van der Waals surface area contributed by atoms with Crippen molar-refractivity contribution in [3.05, 3.63) is 23.9 Å². The number of phenolic OH excluding ortho intramolecular Hbond substituents is 1. The number of ether oxygens (including phenoxy) is 1. The average molecular weight is 330 g/mol. The Morgan fingerprint density at radius 2 is 2.04 bits per heavy atom. The van der Waals surface area contributed by atoms with Crippen molar-refractivity contribution in [2.75, 3.05) is 19.6 Å². The first-order valence-corrected chi connectivity index (χ1v) is 7.98. The first-order valence-electron chi connectivity index (χ1n) is 7.98.